The summed E-state index contributed by atoms with van der Waals surface area (Å²) in [5.74, 6) is 0. The van der Waals surface area contributed by atoms with E-state index in [1.54, 1.807) is 0 Å². The van der Waals surface area contributed by atoms with Gasteiger partial charge in [-0.3, -0.25) is 0 Å². The van der Waals surface area contributed by atoms with Crippen LogP contribution in [0.15, 0.2) is 52.9 Å². The largest absolute Gasteiger partial charge is 0.452 e. The van der Waals surface area contributed by atoms with Gasteiger partial charge in [0.25, 0.3) is 0 Å². The van der Waals surface area contributed by atoms with Gasteiger partial charge in [0.05, 0.1) is 16.0 Å². The van der Waals surface area contributed by atoms with Gasteiger partial charge in [-0.2, -0.15) is 4.37 Å². The third-order valence-electron chi connectivity index (χ3n) is 3.03. The lowest BCUT2D eigenvalue weighted by atomic mass is 10.1. The van der Waals surface area contributed by atoms with Crippen LogP contribution in [0.4, 0.5) is 0 Å². The molecule has 0 atom stereocenters. The summed E-state index contributed by atoms with van der Waals surface area (Å²) in [6.45, 7) is 0. The zero-order chi connectivity index (χ0) is 11.9. The summed E-state index contributed by atoms with van der Waals surface area (Å²) in [5.41, 5.74) is 2.76. The van der Waals surface area contributed by atoms with Crippen LogP contribution in [-0.4, -0.2) is 4.37 Å². The third kappa shape index (κ3) is 1.31. The Kier molecular flexibility index (Phi) is 2.02. The number of furan rings is 1. The number of benzene rings is 2. The Morgan fingerprint density at radius 3 is 2.67 bits per heavy atom. The summed E-state index contributed by atoms with van der Waals surface area (Å²) >= 11 is 1.51. The molecule has 0 bridgehead atoms. The summed E-state index contributed by atoms with van der Waals surface area (Å²) in [6, 6.07) is 16.2. The lowest BCUT2D eigenvalue weighted by Crippen LogP contribution is -1.75. The van der Waals surface area contributed by atoms with Crippen molar-refractivity contribution in [1.29, 1.82) is 0 Å². The molecule has 2 nitrogen and oxygen atoms in total. The zero-order valence-corrected chi connectivity index (χ0v) is 10.2. The van der Waals surface area contributed by atoms with Crippen LogP contribution in [0.2, 0.25) is 0 Å². The van der Waals surface area contributed by atoms with Gasteiger partial charge in [-0.1, -0.05) is 36.4 Å². The van der Waals surface area contributed by atoms with E-state index in [1.807, 2.05) is 36.4 Å². The van der Waals surface area contributed by atoms with Crippen LogP contribution in [0.1, 0.15) is 0 Å². The summed E-state index contributed by atoms with van der Waals surface area (Å²) in [4.78, 5) is 0. The first-order valence-electron chi connectivity index (χ1n) is 5.67. The van der Waals surface area contributed by atoms with Gasteiger partial charge in [-0.25, -0.2) is 0 Å². The summed E-state index contributed by atoms with van der Waals surface area (Å²) in [5, 5.41) is 2.22. The molecule has 2 aromatic heterocycles. The molecule has 0 N–H and O–H groups in total. The van der Waals surface area contributed by atoms with Crippen LogP contribution < -0.4 is 0 Å². The molecule has 1 radical (unpaired) electrons. The van der Waals surface area contributed by atoms with Crippen molar-refractivity contribution >= 4 is 32.6 Å². The van der Waals surface area contributed by atoms with Crippen molar-refractivity contribution in [2.45, 2.75) is 0 Å². The van der Waals surface area contributed by atoms with E-state index >= 15 is 0 Å². The molecule has 4 aromatic rings. The van der Waals surface area contributed by atoms with Crippen molar-refractivity contribution < 1.29 is 4.42 Å². The Bertz CT molecular complexity index is 772. The van der Waals surface area contributed by atoms with Gasteiger partial charge >= 0.3 is 0 Å². The maximum Gasteiger partial charge on any atom is 0.180 e. The molecule has 0 fully saturated rings. The standard InChI is InChI=1S/C15H8NOS/c1-3-7-13-10(5-1)12(9-17-13)15-11-6-2-4-8-14(11)18-16-15/h1-8H. The van der Waals surface area contributed by atoms with Crippen LogP contribution in [0.5, 0.6) is 0 Å². The second-order valence-electron chi connectivity index (χ2n) is 4.10. The van der Waals surface area contributed by atoms with E-state index in [4.69, 9.17) is 4.42 Å². The molecule has 2 heterocycles. The molecule has 4 rings (SSSR count). The SMILES string of the molecule is [c]1oc2ccccc2c1-c1nsc2ccccc12. The van der Waals surface area contributed by atoms with Crippen molar-refractivity contribution in [2.75, 3.05) is 0 Å². The highest BCUT2D eigenvalue weighted by atomic mass is 32.1. The van der Waals surface area contributed by atoms with E-state index in [1.165, 1.54) is 16.2 Å². The molecule has 3 heteroatoms. The van der Waals surface area contributed by atoms with Crippen LogP contribution in [-0.2, 0) is 0 Å². The van der Waals surface area contributed by atoms with E-state index in [-0.39, 0.29) is 0 Å². The Balaban J connectivity index is 2.08. The van der Waals surface area contributed by atoms with Crippen molar-refractivity contribution in [1.82, 2.24) is 4.37 Å². The van der Waals surface area contributed by atoms with Gasteiger partial charge in [0, 0.05) is 10.8 Å². The number of para-hydroxylation sites is 1. The minimum atomic E-state index is 0.851. The average molecular weight is 250 g/mol. The predicted octanol–water partition coefficient (Wildman–Crippen LogP) is 4.51. The van der Waals surface area contributed by atoms with Crippen LogP contribution in [0, 0.1) is 6.26 Å². The smallest absolute Gasteiger partial charge is 0.180 e. The summed E-state index contributed by atoms with van der Waals surface area (Å²) in [7, 11) is 0. The van der Waals surface area contributed by atoms with Crippen LogP contribution >= 0.6 is 11.5 Å². The maximum absolute atomic E-state index is 5.46. The summed E-state index contributed by atoms with van der Waals surface area (Å²) < 4.78 is 11.2. The fourth-order valence-electron chi connectivity index (χ4n) is 2.17. The fraction of sp³-hybridized carbons (Fsp3) is 0. The predicted molar refractivity (Wildman–Crippen MR) is 73.7 cm³/mol. The van der Waals surface area contributed by atoms with E-state index < -0.39 is 0 Å². The van der Waals surface area contributed by atoms with Gasteiger partial charge in [0.1, 0.15) is 5.58 Å². The molecule has 2 aromatic carbocycles. The first-order valence-corrected chi connectivity index (χ1v) is 6.45. The Morgan fingerprint density at radius 1 is 0.944 bits per heavy atom. The van der Waals surface area contributed by atoms with Crippen molar-refractivity contribution in [3.8, 4) is 11.3 Å². The van der Waals surface area contributed by atoms with Crippen molar-refractivity contribution in [3.63, 3.8) is 0 Å². The number of fused-ring (bicyclic) bond motifs is 2. The number of hydrogen-bond donors (Lipinski definition) is 0. The Morgan fingerprint density at radius 2 is 1.72 bits per heavy atom. The number of nitrogens with zero attached hydrogens (tertiary/aromatic N) is 1. The first-order chi connectivity index (χ1) is 8.93. The molecular weight excluding hydrogens is 242 g/mol. The van der Waals surface area contributed by atoms with Crippen molar-refractivity contribution in [3.05, 3.63) is 54.8 Å². The van der Waals surface area contributed by atoms with E-state index in [0.29, 0.717) is 0 Å². The van der Waals surface area contributed by atoms with Gasteiger partial charge in [0.15, 0.2) is 6.26 Å². The van der Waals surface area contributed by atoms with E-state index in [2.05, 4.69) is 22.8 Å². The summed E-state index contributed by atoms with van der Waals surface area (Å²) in [6.07, 6.45) is 2.98. The second-order valence-corrected chi connectivity index (χ2v) is 4.91. The normalized spacial score (nSPS) is 11.3. The lowest BCUT2D eigenvalue weighted by Gasteiger charge is -1.94. The molecule has 0 amide bonds. The highest BCUT2D eigenvalue weighted by Crippen LogP contribution is 2.35. The van der Waals surface area contributed by atoms with Gasteiger partial charge < -0.3 is 4.42 Å². The lowest BCUT2D eigenvalue weighted by molar-refractivity contribution is 0.607. The number of aromatic nitrogens is 1. The molecule has 0 aliphatic carbocycles. The van der Waals surface area contributed by atoms with E-state index in [9.17, 15) is 0 Å². The van der Waals surface area contributed by atoms with Gasteiger partial charge in [-0.15, -0.1) is 0 Å². The first kappa shape index (κ1) is 9.85. The third-order valence-corrected chi connectivity index (χ3v) is 3.86. The number of rotatable bonds is 1. The molecule has 85 valence electrons. The quantitative estimate of drug-likeness (QED) is 0.496. The molecule has 0 saturated carbocycles. The fourth-order valence-corrected chi connectivity index (χ4v) is 2.95. The molecule has 0 aliphatic heterocycles. The number of hydrogen-bond acceptors (Lipinski definition) is 3. The zero-order valence-electron chi connectivity index (χ0n) is 9.38. The molecule has 18 heavy (non-hydrogen) atoms. The second kappa shape index (κ2) is 3.68. The molecule has 0 spiro atoms. The highest BCUT2D eigenvalue weighted by molar-refractivity contribution is 7.13. The monoisotopic (exact) mass is 250 g/mol. The van der Waals surface area contributed by atoms with Crippen LogP contribution in [0.25, 0.3) is 32.3 Å². The molecule has 0 unspecified atom stereocenters. The van der Waals surface area contributed by atoms with E-state index in [0.717, 1.165) is 27.6 Å². The van der Waals surface area contributed by atoms with Gasteiger partial charge in [-0.05, 0) is 23.7 Å². The van der Waals surface area contributed by atoms with Gasteiger partial charge in [0.2, 0.25) is 0 Å². The minimum absolute atomic E-state index is 0.851. The molecule has 0 saturated heterocycles. The van der Waals surface area contributed by atoms with Crippen molar-refractivity contribution in [2.24, 2.45) is 0 Å². The molecular formula is C15H8NOS. The topological polar surface area (TPSA) is 26.0 Å². The Hall–Kier alpha value is -2.13. The van der Waals surface area contributed by atoms with Crippen LogP contribution in [0.3, 0.4) is 0 Å². The minimum Gasteiger partial charge on any atom is -0.452 e. The Labute approximate surface area is 108 Å². The molecule has 0 aliphatic rings. The maximum atomic E-state index is 5.46. The average Bonchev–Trinajstić information content (AvgIpc) is 3.01. The highest BCUT2D eigenvalue weighted by Gasteiger charge is 2.14.